The summed E-state index contributed by atoms with van der Waals surface area (Å²) in [5, 5.41) is 8.76. The van der Waals surface area contributed by atoms with E-state index in [9.17, 15) is 0 Å². The minimum atomic E-state index is 0.301. The summed E-state index contributed by atoms with van der Waals surface area (Å²) < 4.78 is 5.28. The van der Waals surface area contributed by atoms with Crippen molar-refractivity contribution in [2.45, 2.75) is 25.2 Å². The van der Waals surface area contributed by atoms with Crippen LogP contribution in [-0.2, 0) is 6.42 Å². The van der Waals surface area contributed by atoms with Crippen LogP contribution in [0.4, 0.5) is 0 Å². The second-order valence-corrected chi connectivity index (χ2v) is 3.79. The molecular weight excluding hydrogens is 176 g/mol. The first-order valence-electron chi connectivity index (χ1n) is 5.13. The third kappa shape index (κ3) is 1.50. The fraction of sp³-hybridized carbons (Fsp3) is 0.500. The Balaban J connectivity index is 2.10. The number of methoxy groups -OCH3 is 1. The molecule has 1 aromatic rings. The maximum atomic E-state index is 8.76. The highest BCUT2D eigenvalue weighted by atomic mass is 16.5. The third-order valence-electron chi connectivity index (χ3n) is 2.99. The van der Waals surface area contributed by atoms with Gasteiger partial charge in [-0.05, 0) is 42.4 Å². The number of fused-ring (bicyclic) bond motifs is 1. The van der Waals surface area contributed by atoms with E-state index in [0.29, 0.717) is 12.5 Å². The summed E-state index contributed by atoms with van der Waals surface area (Å²) in [6, 6.07) is 6.23. The van der Waals surface area contributed by atoms with Crippen molar-refractivity contribution in [3.05, 3.63) is 29.3 Å². The first-order valence-corrected chi connectivity index (χ1v) is 5.13. The largest absolute Gasteiger partial charge is 0.496 e. The second-order valence-electron chi connectivity index (χ2n) is 3.79. The Morgan fingerprint density at radius 1 is 1.50 bits per heavy atom. The van der Waals surface area contributed by atoms with Gasteiger partial charge in [-0.1, -0.05) is 12.1 Å². The van der Waals surface area contributed by atoms with Crippen molar-refractivity contribution >= 4 is 0 Å². The van der Waals surface area contributed by atoms with E-state index >= 15 is 0 Å². The van der Waals surface area contributed by atoms with E-state index < -0.39 is 0 Å². The Labute approximate surface area is 84.5 Å². The van der Waals surface area contributed by atoms with Crippen LogP contribution < -0.4 is 4.74 Å². The van der Waals surface area contributed by atoms with Gasteiger partial charge in [-0.2, -0.15) is 0 Å². The lowest BCUT2D eigenvalue weighted by Gasteiger charge is -2.31. The number of benzene rings is 1. The molecule has 0 saturated carbocycles. The molecule has 2 heteroatoms. The fourth-order valence-electron chi connectivity index (χ4n) is 2.20. The van der Waals surface area contributed by atoms with Gasteiger partial charge in [0.1, 0.15) is 5.75 Å². The quantitative estimate of drug-likeness (QED) is 0.791. The van der Waals surface area contributed by atoms with Crippen molar-refractivity contribution in [1.82, 2.24) is 0 Å². The maximum absolute atomic E-state index is 8.76. The standard InChI is InChI=1S/C12H16O2/c1-14-12-6-2-5-10-9(4-3-7-13)8-11(10)12/h2,5-6,9,13H,3-4,7-8H2,1H3. The highest BCUT2D eigenvalue weighted by Crippen LogP contribution is 2.42. The number of rotatable bonds is 4. The predicted octanol–water partition coefficient (Wildman–Crippen LogP) is 2.11. The molecule has 0 spiro atoms. The Morgan fingerprint density at radius 2 is 2.36 bits per heavy atom. The lowest BCUT2D eigenvalue weighted by molar-refractivity contribution is 0.276. The number of aliphatic hydroxyl groups is 1. The van der Waals surface area contributed by atoms with E-state index in [0.717, 1.165) is 25.0 Å². The Bertz CT molecular complexity index is 320. The minimum Gasteiger partial charge on any atom is -0.496 e. The zero-order valence-corrected chi connectivity index (χ0v) is 8.49. The van der Waals surface area contributed by atoms with E-state index in [1.807, 2.05) is 12.1 Å². The van der Waals surface area contributed by atoms with Gasteiger partial charge in [0.2, 0.25) is 0 Å². The van der Waals surface area contributed by atoms with Crippen LogP contribution in [0.5, 0.6) is 5.75 Å². The van der Waals surface area contributed by atoms with Gasteiger partial charge in [0, 0.05) is 6.61 Å². The first-order chi connectivity index (χ1) is 6.86. The van der Waals surface area contributed by atoms with Crippen LogP contribution in [0.1, 0.15) is 29.9 Å². The average Bonchev–Trinajstić information content (AvgIpc) is 2.19. The minimum absolute atomic E-state index is 0.301. The normalized spacial score (nSPS) is 18.6. The highest BCUT2D eigenvalue weighted by Gasteiger charge is 2.27. The average molecular weight is 192 g/mol. The molecule has 0 radical (unpaired) electrons. The monoisotopic (exact) mass is 192 g/mol. The molecule has 0 saturated heterocycles. The number of hydrogen-bond acceptors (Lipinski definition) is 2. The molecule has 2 nitrogen and oxygen atoms in total. The number of hydrogen-bond donors (Lipinski definition) is 1. The molecule has 1 atom stereocenters. The molecule has 0 aromatic heterocycles. The molecule has 1 aliphatic carbocycles. The van der Waals surface area contributed by atoms with E-state index in [1.165, 1.54) is 11.1 Å². The molecule has 0 amide bonds. The van der Waals surface area contributed by atoms with Gasteiger partial charge in [-0.15, -0.1) is 0 Å². The van der Waals surface area contributed by atoms with Gasteiger partial charge >= 0.3 is 0 Å². The highest BCUT2D eigenvalue weighted by molar-refractivity contribution is 5.49. The van der Waals surface area contributed by atoms with Crippen LogP contribution in [0.15, 0.2) is 18.2 Å². The van der Waals surface area contributed by atoms with Crippen LogP contribution in [0.3, 0.4) is 0 Å². The molecule has 2 rings (SSSR count). The maximum Gasteiger partial charge on any atom is 0.122 e. The van der Waals surface area contributed by atoms with Gasteiger partial charge in [0.25, 0.3) is 0 Å². The zero-order valence-electron chi connectivity index (χ0n) is 8.49. The van der Waals surface area contributed by atoms with Crippen LogP contribution in [0.25, 0.3) is 0 Å². The molecule has 1 unspecified atom stereocenters. The van der Waals surface area contributed by atoms with Crippen LogP contribution >= 0.6 is 0 Å². The van der Waals surface area contributed by atoms with Gasteiger partial charge in [-0.3, -0.25) is 0 Å². The molecule has 1 aliphatic rings. The van der Waals surface area contributed by atoms with Gasteiger partial charge in [-0.25, -0.2) is 0 Å². The van der Waals surface area contributed by atoms with Crippen molar-refractivity contribution in [3.63, 3.8) is 0 Å². The van der Waals surface area contributed by atoms with Crippen LogP contribution in [-0.4, -0.2) is 18.8 Å². The topological polar surface area (TPSA) is 29.5 Å². The summed E-state index contributed by atoms with van der Waals surface area (Å²) in [4.78, 5) is 0. The zero-order chi connectivity index (χ0) is 9.97. The molecule has 0 heterocycles. The Morgan fingerprint density at radius 3 is 3.07 bits per heavy atom. The van der Waals surface area contributed by atoms with Crippen molar-refractivity contribution in [2.75, 3.05) is 13.7 Å². The second kappa shape index (κ2) is 4.01. The number of aliphatic hydroxyl groups excluding tert-OH is 1. The summed E-state index contributed by atoms with van der Waals surface area (Å²) >= 11 is 0. The molecule has 76 valence electrons. The summed E-state index contributed by atoms with van der Waals surface area (Å²) in [6.45, 7) is 0.301. The van der Waals surface area contributed by atoms with E-state index in [-0.39, 0.29) is 0 Å². The Kier molecular flexibility index (Phi) is 2.73. The third-order valence-corrected chi connectivity index (χ3v) is 2.99. The summed E-state index contributed by atoms with van der Waals surface area (Å²) in [5.74, 6) is 1.66. The van der Waals surface area contributed by atoms with Gasteiger partial charge < -0.3 is 9.84 Å². The van der Waals surface area contributed by atoms with E-state index in [2.05, 4.69) is 6.07 Å². The molecule has 0 fully saturated rings. The molecular formula is C12H16O2. The SMILES string of the molecule is COc1cccc2c1CC2CCCO. The molecule has 1 aromatic carbocycles. The smallest absolute Gasteiger partial charge is 0.122 e. The summed E-state index contributed by atoms with van der Waals surface area (Å²) in [5.41, 5.74) is 2.77. The Hall–Kier alpha value is -1.02. The summed E-state index contributed by atoms with van der Waals surface area (Å²) in [6.07, 6.45) is 3.11. The molecule has 0 aliphatic heterocycles. The van der Waals surface area contributed by atoms with Crippen molar-refractivity contribution in [1.29, 1.82) is 0 Å². The van der Waals surface area contributed by atoms with Crippen molar-refractivity contribution in [3.8, 4) is 5.75 Å². The fourth-order valence-corrected chi connectivity index (χ4v) is 2.20. The molecule has 14 heavy (non-hydrogen) atoms. The lowest BCUT2D eigenvalue weighted by atomic mass is 9.75. The van der Waals surface area contributed by atoms with Gasteiger partial charge in [0.05, 0.1) is 7.11 Å². The molecule has 0 bridgehead atoms. The summed E-state index contributed by atoms with van der Waals surface area (Å²) in [7, 11) is 1.72. The lowest BCUT2D eigenvalue weighted by Crippen LogP contribution is -2.18. The number of ether oxygens (including phenoxy) is 1. The predicted molar refractivity (Wildman–Crippen MR) is 55.8 cm³/mol. The van der Waals surface area contributed by atoms with Crippen LogP contribution in [0, 0.1) is 0 Å². The van der Waals surface area contributed by atoms with Crippen LogP contribution in [0.2, 0.25) is 0 Å². The van der Waals surface area contributed by atoms with Crippen molar-refractivity contribution in [2.24, 2.45) is 0 Å². The first kappa shape index (κ1) is 9.53. The van der Waals surface area contributed by atoms with Gasteiger partial charge in [0.15, 0.2) is 0 Å². The van der Waals surface area contributed by atoms with E-state index in [1.54, 1.807) is 7.11 Å². The van der Waals surface area contributed by atoms with Crippen molar-refractivity contribution < 1.29 is 9.84 Å². The molecule has 1 N–H and O–H groups in total. The van der Waals surface area contributed by atoms with E-state index in [4.69, 9.17) is 9.84 Å².